The number of ether oxygens (including phenoxy) is 1. The SMILES string of the molecule is O.O.O=C1O[C@H]([C@@H](O)CO)C(O)=C1OS(=O)(=O)O. The molecule has 12 heteroatoms. The fourth-order valence-electron chi connectivity index (χ4n) is 0.997. The third-order valence-corrected chi connectivity index (χ3v) is 2.02. The Morgan fingerprint density at radius 2 is 1.89 bits per heavy atom. The van der Waals surface area contributed by atoms with Gasteiger partial charge in [-0.2, -0.15) is 8.42 Å². The van der Waals surface area contributed by atoms with Crippen molar-refractivity contribution in [1.29, 1.82) is 0 Å². The van der Waals surface area contributed by atoms with Gasteiger partial charge in [0.15, 0.2) is 11.9 Å². The molecule has 1 rings (SSSR count). The van der Waals surface area contributed by atoms with Crippen molar-refractivity contribution in [2.45, 2.75) is 12.2 Å². The van der Waals surface area contributed by atoms with Gasteiger partial charge in [0, 0.05) is 0 Å². The van der Waals surface area contributed by atoms with E-state index in [4.69, 9.17) is 14.8 Å². The summed E-state index contributed by atoms with van der Waals surface area (Å²) in [6.07, 6.45) is -3.26. The molecule has 11 nitrogen and oxygen atoms in total. The molecule has 0 spiro atoms. The number of aliphatic hydroxyl groups excluding tert-OH is 3. The Bertz CT molecular complexity index is 423. The Kier molecular flexibility index (Phi) is 6.81. The number of esters is 1. The van der Waals surface area contributed by atoms with Crippen molar-refractivity contribution < 1.29 is 53.0 Å². The molecule has 0 aromatic carbocycles. The number of hydrogen-bond acceptors (Lipinski definition) is 8. The Morgan fingerprint density at radius 1 is 1.39 bits per heavy atom. The van der Waals surface area contributed by atoms with Crippen LogP contribution in [0.25, 0.3) is 0 Å². The fourth-order valence-corrected chi connectivity index (χ4v) is 1.36. The Labute approximate surface area is 100 Å². The molecule has 0 aromatic rings. The maximum Gasteiger partial charge on any atom is 0.446 e. The van der Waals surface area contributed by atoms with Gasteiger partial charge in [0.25, 0.3) is 5.76 Å². The normalized spacial score (nSPS) is 20.6. The lowest BCUT2D eigenvalue weighted by atomic mass is 10.2. The van der Waals surface area contributed by atoms with E-state index in [-0.39, 0.29) is 11.0 Å². The van der Waals surface area contributed by atoms with E-state index in [1.165, 1.54) is 0 Å². The molecule has 8 N–H and O–H groups in total. The summed E-state index contributed by atoms with van der Waals surface area (Å²) in [4.78, 5) is 11.0. The second-order valence-electron chi connectivity index (χ2n) is 2.80. The van der Waals surface area contributed by atoms with E-state index >= 15 is 0 Å². The summed E-state index contributed by atoms with van der Waals surface area (Å²) in [5, 5.41) is 26.9. The van der Waals surface area contributed by atoms with Crippen LogP contribution < -0.4 is 0 Å². The summed E-state index contributed by atoms with van der Waals surface area (Å²) in [6.45, 7) is -0.832. The molecule has 0 saturated carbocycles. The second-order valence-corrected chi connectivity index (χ2v) is 3.82. The zero-order chi connectivity index (χ0) is 12.5. The van der Waals surface area contributed by atoms with E-state index in [9.17, 15) is 18.3 Å². The zero-order valence-corrected chi connectivity index (χ0v) is 9.42. The van der Waals surface area contributed by atoms with Gasteiger partial charge in [-0.15, -0.1) is 0 Å². The molecule has 0 saturated heterocycles. The average Bonchev–Trinajstić information content (AvgIpc) is 2.42. The molecule has 1 heterocycles. The van der Waals surface area contributed by atoms with Gasteiger partial charge in [0.2, 0.25) is 0 Å². The van der Waals surface area contributed by atoms with Crippen molar-refractivity contribution in [3.63, 3.8) is 0 Å². The lowest BCUT2D eigenvalue weighted by Crippen LogP contribution is -2.31. The van der Waals surface area contributed by atoms with Crippen LogP contribution in [0.2, 0.25) is 0 Å². The first-order valence-electron chi connectivity index (χ1n) is 3.86. The summed E-state index contributed by atoms with van der Waals surface area (Å²) in [5.74, 6) is -3.56. The van der Waals surface area contributed by atoms with Crippen LogP contribution in [0.1, 0.15) is 0 Å². The number of carbonyl (C=O) groups is 1. The highest BCUT2D eigenvalue weighted by molar-refractivity contribution is 7.81. The molecule has 0 radical (unpaired) electrons. The lowest BCUT2D eigenvalue weighted by Gasteiger charge is -2.13. The summed E-state index contributed by atoms with van der Waals surface area (Å²) < 4.78 is 36.9. The summed E-state index contributed by atoms with van der Waals surface area (Å²) in [7, 11) is -4.99. The highest BCUT2D eigenvalue weighted by atomic mass is 32.3. The highest BCUT2D eigenvalue weighted by Crippen LogP contribution is 2.24. The molecule has 0 amide bonds. The largest absolute Gasteiger partial charge is 0.505 e. The van der Waals surface area contributed by atoms with Crippen molar-refractivity contribution in [3.05, 3.63) is 11.5 Å². The van der Waals surface area contributed by atoms with Gasteiger partial charge in [-0.25, -0.2) is 4.79 Å². The first kappa shape index (κ1) is 18.9. The van der Waals surface area contributed by atoms with Crippen LogP contribution in [0.5, 0.6) is 0 Å². The van der Waals surface area contributed by atoms with Crippen LogP contribution in [0.4, 0.5) is 0 Å². The third-order valence-electron chi connectivity index (χ3n) is 1.65. The van der Waals surface area contributed by atoms with Crippen LogP contribution in [0.3, 0.4) is 0 Å². The van der Waals surface area contributed by atoms with Crippen molar-refractivity contribution >= 4 is 16.4 Å². The Morgan fingerprint density at radius 3 is 2.28 bits per heavy atom. The molecule has 1 aliphatic heterocycles. The van der Waals surface area contributed by atoms with Crippen LogP contribution in [-0.4, -0.2) is 64.0 Å². The zero-order valence-electron chi connectivity index (χ0n) is 8.60. The molecule has 2 atom stereocenters. The van der Waals surface area contributed by atoms with Gasteiger partial charge in [0.05, 0.1) is 6.61 Å². The minimum atomic E-state index is -4.99. The second kappa shape index (κ2) is 6.48. The topological polar surface area (TPSA) is 214 Å². The molecule has 108 valence electrons. The standard InChI is InChI=1S/C6H8O9S.2H2O/c7-1-2(8)4-3(9)5(6(10)14-4)15-16(11,12)13;;/h2,4,7-9H,1H2,(H,11,12,13);2*1H2/t2-,4+;;/m0../s1. The number of hydrogen-bond donors (Lipinski definition) is 4. The smallest absolute Gasteiger partial charge is 0.446 e. The van der Waals surface area contributed by atoms with Crippen LogP contribution in [0.15, 0.2) is 11.5 Å². The number of aliphatic hydroxyl groups is 3. The van der Waals surface area contributed by atoms with E-state index < -0.39 is 46.7 Å². The number of cyclic esters (lactones) is 1. The summed E-state index contributed by atoms with van der Waals surface area (Å²) in [5.41, 5.74) is 0. The van der Waals surface area contributed by atoms with Crippen LogP contribution >= 0.6 is 0 Å². The first-order chi connectivity index (χ1) is 7.26. The quantitative estimate of drug-likeness (QED) is 0.294. The monoisotopic (exact) mass is 292 g/mol. The van der Waals surface area contributed by atoms with Crippen LogP contribution in [-0.2, 0) is 24.1 Å². The van der Waals surface area contributed by atoms with E-state index in [0.717, 1.165) is 0 Å². The molecule has 18 heavy (non-hydrogen) atoms. The maximum atomic E-state index is 11.0. The highest BCUT2D eigenvalue weighted by Gasteiger charge is 2.42. The van der Waals surface area contributed by atoms with Crippen molar-refractivity contribution in [3.8, 4) is 0 Å². The van der Waals surface area contributed by atoms with Gasteiger partial charge in [0.1, 0.15) is 6.10 Å². The average molecular weight is 292 g/mol. The fraction of sp³-hybridized carbons (Fsp3) is 0.500. The lowest BCUT2D eigenvalue weighted by molar-refractivity contribution is -0.147. The Hall–Kier alpha value is -1.44. The molecule has 0 unspecified atom stereocenters. The van der Waals surface area contributed by atoms with E-state index in [0.29, 0.717) is 0 Å². The predicted octanol–water partition coefficient (Wildman–Crippen LogP) is -3.80. The van der Waals surface area contributed by atoms with Gasteiger partial charge < -0.3 is 35.2 Å². The minimum Gasteiger partial charge on any atom is -0.505 e. The van der Waals surface area contributed by atoms with Gasteiger partial charge in [-0.1, -0.05) is 0 Å². The molecule has 0 bridgehead atoms. The van der Waals surface area contributed by atoms with Gasteiger partial charge in [-0.3, -0.25) is 4.55 Å². The molecule has 0 fully saturated rings. The molecular formula is C6H12O11S. The first-order valence-corrected chi connectivity index (χ1v) is 5.22. The summed E-state index contributed by atoms with van der Waals surface area (Å²) >= 11 is 0. The van der Waals surface area contributed by atoms with Gasteiger partial charge in [-0.05, 0) is 0 Å². The third kappa shape index (κ3) is 4.10. The number of rotatable bonds is 4. The summed E-state index contributed by atoms with van der Waals surface area (Å²) in [6, 6.07) is 0. The molecular weight excluding hydrogens is 280 g/mol. The van der Waals surface area contributed by atoms with Crippen molar-refractivity contribution in [2.75, 3.05) is 6.61 Å². The molecule has 0 aromatic heterocycles. The van der Waals surface area contributed by atoms with E-state index in [1.54, 1.807) is 0 Å². The molecule has 0 aliphatic carbocycles. The maximum absolute atomic E-state index is 11.0. The van der Waals surface area contributed by atoms with E-state index in [1.807, 2.05) is 0 Å². The Balaban J connectivity index is 0. The minimum absolute atomic E-state index is 0. The molecule has 1 aliphatic rings. The van der Waals surface area contributed by atoms with E-state index in [2.05, 4.69) is 8.92 Å². The van der Waals surface area contributed by atoms with Crippen molar-refractivity contribution in [2.24, 2.45) is 0 Å². The predicted molar refractivity (Wildman–Crippen MR) is 52.5 cm³/mol. The van der Waals surface area contributed by atoms with Crippen molar-refractivity contribution in [1.82, 2.24) is 0 Å². The number of carbonyl (C=O) groups excluding carboxylic acids is 1. The van der Waals surface area contributed by atoms with Gasteiger partial charge >= 0.3 is 16.4 Å². The van der Waals surface area contributed by atoms with Crippen LogP contribution in [0, 0.1) is 0 Å².